The van der Waals surface area contributed by atoms with Gasteiger partial charge in [-0.2, -0.15) is 9.28 Å². The molecule has 8 heteroatoms. The molecular formula is C15H25ClNO5S+. The number of hydrogen-bond donors (Lipinski definition) is 1. The summed E-state index contributed by atoms with van der Waals surface area (Å²) in [6.45, 7) is 4.11. The summed E-state index contributed by atoms with van der Waals surface area (Å²) in [5, 5.41) is 9.11. The number of carboxylic acid groups (broad SMARTS) is 1. The van der Waals surface area contributed by atoms with E-state index in [0.717, 1.165) is 31.0 Å². The van der Waals surface area contributed by atoms with Gasteiger partial charge in [-0.05, 0) is 38.5 Å². The van der Waals surface area contributed by atoms with Crippen LogP contribution in [0.3, 0.4) is 0 Å². The number of imide groups is 1. The van der Waals surface area contributed by atoms with E-state index in [1.165, 1.54) is 0 Å². The average molecular weight is 367 g/mol. The van der Waals surface area contributed by atoms with Crippen molar-refractivity contribution in [2.75, 3.05) is 24.8 Å². The molecule has 0 bridgehead atoms. The second-order valence-corrected chi connectivity index (χ2v) is 7.24. The smallest absolute Gasteiger partial charge is 0.458 e. The number of ether oxygens (including phenoxy) is 1. The number of nitrogens with zero attached hydrogens (tertiary/aromatic N) is 1. The monoisotopic (exact) mass is 366 g/mol. The summed E-state index contributed by atoms with van der Waals surface area (Å²) < 4.78 is 4.50. The van der Waals surface area contributed by atoms with Crippen LogP contribution in [0.2, 0.25) is 0 Å². The van der Waals surface area contributed by atoms with Crippen LogP contribution in [0, 0.1) is 5.92 Å². The van der Waals surface area contributed by atoms with Gasteiger partial charge in [0.2, 0.25) is 0 Å². The Labute approximate surface area is 146 Å². The zero-order valence-electron chi connectivity index (χ0n) is 13.6. The van der Waals surface area contributed by atoms with Crippen molar-refractivity contribution < 1.29 is 28.7 Å². The largest absolute Gasteiger partial charge is 0.521 e. The predicted molar refractivity (Wildman–Crippen MR) is 89.8 cm³/mol. The highest BCUT2D eigenvalue weighted by Crippen LogP contribution is 2.31. The summed E-state index contributed by atoms with van der Waals surface area (Å²) >= 11 is 6.46. The summed E-state index contributed by atoms with van der Waals surface area (Å²) in [5.41, 5.74) is 0. The molecule has 1 unspecified atom stereocenters. The minimum atomic E-state index is -1.10. The molecule has 1 heterocycles. The Hall–Kier alpha value is -0.790. The standard InChI is InChI=1S/C15H24ClNO5S/c1-11(10-23-15(21)22-9-4-3-7-16)13(18)17(14(19)20)8-5-6-12(17)2/h11-12H,3-10H2,1-2H3/p+1/t11-,12-,17?/m1/s1. The van der Waals surface area contributed by atoms with Gasteiger partial charge in [0.1, 0.15) is 6.04 Å². The summed E-state index contributed by atoms with van der Waals surface area (Å²) in [7, 11) is 0. The number of carbonyl (C=O) groups excluding carboxylic acids is 2. The van der Waals surface area contributed by atoms with E-state index in [1.54, 1.807) is 13.8 Å². The number of hydrogen-bond acceptors (Lipinski definition) is 5. The van der Waals surface area contributed by atoms with E-state index in [9.17, 15) is 19.5 Å². The second-order valence-electron chi connectivity index (χ2n) is 5.91. The van der Waals surface area contributed by atoms with E-state index in [1.807, 2.05) is 0 Å². The summed E-state index contributed by atoms with van der Waals surface area (Å²) in [6, 6.07) is -0.227. The predicted octanol–water partition coefficient (Wildman–Crippen LogP) is 3.72. The van der Waals surface area contributed by atoms with Crippen LogP contribution in [0.1, 0.15) is 39.5 Å². The van der Waals surface area contributed by atoms with E-state index >= 15 is 0 Å². The highest BCUT2D eigenvalue weighted by atomic mass is 35.5. The number of unbranched alkanes of at least 4 members (excludes halogenated alkanes) is 1. The van der Waals surface area contributed by atoms with Crippen molar-refractivity contribution in [3.05, 3.63) is 0 Å². The molecule has 1 fully saturated rings. The van der Waals surface area contributed by atoms with Gasteiger partial charge in [-0.3, -0.25) is 0 Å². The molecule has 0 aromatic rings. The summed E-state index contributed by atoms with van der Waals surface area (Å²) in [6.07, 6.45) is 1.84. The summed E-state index contributed by atoms with van der Waals surface area (Å²) in [4.78, 5) is 35.9. The van der Waals surface area contributed by atoms with Crippen molar-refractivity contribution in [3.8, 4) is 0 Å². The lowest BCUT2D eigenvalue weighted by Gasteiger charge is -2.31. The Morgan fingerprint density at radius 1 is 1.39 bits per heavy atom. The number of quaternary nitrogens is 1. The SMILES string of the molecule is C[C@H](CSC(=O)OCCCCCl)C(=O)[N+]1(C(=O)O)CCC[C@H]1C. The molecule has 0 aromatic heterocycles. The Balaban J connectivity index is 2.50. The average Bonchev–Trinajstić information content (AvgIpc) is 2.91. The molecule has 1 aliphatic heterocycles. The van der Waals surface area contributed by atoms with Crippen molar-refractivity contribution in [1.82, 2.24) is 0 Å². The zero-order chi connectivity index (χ0) is 17.5. The van der Waals surface area contributed by atoms with Gasteiger partial charge in [0.05, 0.1) is 19.1 Å². The van der Waals surface area contributed by atoms with Crippen LogP contribution < -0.4 is 0 Å². The topological polar surface area (TPSA) is 80.7 Å². The molecule has 0 aliphatic carbocycles. The number of halogens is 1. The summed E-state index contributed by atoms with van der Waals surface area (Å²) in [5.74, 6) is -0.0893. The van der Waals surface area contributed by atoms with E-state index in [-0.39, 0.29) is 17.7 Å². The lowest BCUT2D eigenvalue weighted by molar-refractivity contribution is -0.793. The minimum Gasteiger partial charge on any atom is -0.458 e. The van der Waals surface area contributed by atoms with Crippen molar-refractivity contribution in [3.63, 3.8) is 0 Å². The van der Waals surface area contributed by atoms with Crippen molar-refractivity contribution >= 4 is 40.7 Å². The first-order valence-corrected chi connectivity index (χ1v) is 9.39. The molecule has 1 rings (SSSR count). The van der Waals surface area contributed by atoms with E-state index in [4.69, 9.17) is 16.3 Å². The first kappa shape index (κ1) is 20.3. The van der Waals surface area contributed by atoms with Crippen LogP contribution in [0.4, 0.5) is 9.59 Å². The van der Waals surface area contributed by atoms with E-state index < -0.39 is 21.8 Å². The van der Waals surface area contributed by atoms with Gasteiger partial charge in [-0.25, -0.2) is 9.59 Å². The van der Waals surface area contributed by atoms with Crippen LogP contribution in [0.15, 0.2) is 0 Å². The first-order valence-electron chi connectivity index (χ1n) is 7.87. The zero-order valence-corrected chi connectivity index (χ0v) is 15.2. The third kappa shape index (κ3) is 5.09. The number of thioether (sulfide) groups is 1. The first-order chi connectivity index (χ1) is 10.9. The minimum absolute atomic E-state index is 0.227. The van der Waals surface area contributed by atoms with Gasteiger partial charge in [-0.1, -0.05) is 0 Å². The Morgan fingerprint density at radius 2 is 2.09 bits per heavy atom. The van der Waals surface area contributed by atoms with Crippen molar-refractivity contribution in [1.29, 1.82) is 0 Å². The fraction of sp³-hybridized carbons (Fsp3) is 0.800. The Morgan fingerprint density at radius 3 is 2.61 bits per heavy atom. The lowest BCUT2D eigenvalue weighted by Crippen LogP contribution is -2.60. The maximum Gasteiger partial charge on any atom is 0.521 e. The van der Waals surface area contributed by atoms with Gasteiger partial charge >= 0.3 is 17.3 Å². The number of alkyl halides is 1. The molecule has 23 heavy (non-hydrogen) atoms. The molecule has 0 saturated carbocycles. The third-order valence-electron chi connectivity index (χ3n) is 4.24. The maximum absolute atomic E-state index is 12.6. The molecule has 2 amide bonds. The molecule has 1 N–H and O–H groups in total. The van der Waals surface area contributed by atoms with Gasteiger partial charge in [0.15, 0.2) is 0 Å². The molecule has 0 radical (unpaired) electrons. The molecule has 0 aromatic carbocycles. The third-order valence-corrected chi connectivity index (χ3v) is 5.53. The van der Waals surface area contributed by atoms with E-state index in [2.05, 4.69) is 0 Å². The Kier molecular flexibility index (Phi) is 8.36. The number of rotatable bonds is 7. The van der Waals surface area contributed by atoms with Crippen LogP contribution in [-0.4, -0.2) is 57.7 Å². The fourth-order valence-electron chi connectivity index (χ4n) is 2.83. The van der Waals surface area contributed by atoms with Crippen molar-refractivity contribution in [2.45, 2.75) is 45.6 Å². The van der Waals surface area contributed by atoms with Crippen LogP contribution in [0.25, 0.3) is 0 Å². The number of carbonyl (C=O) groups is 3. The van der Waals surface area contributed by atoms with Crippen LogP contribution >= 0.6 is 23.4 Å². The van der Waals surface area contributed by atoms with Gasteiger partial charge in [-0.15, -0.1) is 11.6 Å². The molecular weight excluding hydrogens is 342 g/mol. The number of likely N-dealkylation sites (tertiary alicyclic amines) is 1. The van der Waals surface area contributed by atoms with Gasteiger partial charge in [0.25, 0.3) is 0 Å². The number of amides is 2. The molecule has 132 valence electrons. The van der Waals surface area contributed by atoms with Gasteiger partial charge < -0.3 is 9.84 Å². The normalized spacial score (nSPS) is 25.1. The fourth-order valence-corrected chi connectivity index (χ4v) is 3.72. The second kappa shape index (κ2) is 9.49. The Bertz CT molecular complexity index is 448. The van der Waals surface area contributed by atoms with E-state index in [0.29, 0.717) is 25.5 Å². The maximum atomic E-state index is 12.6. The van der Waals surface area contributed by atoms with Crippen molar-refractivity contribution in [2.24, 2.45) is 5.92 Å². The van der Waals surface area contributed by atoms with Crippen LogP contribution in [0.5, 0.6) is 0 Å². The molecule has 6 nitrogen and oxygen atoms in total. The molecule has 0 spiro atoms. The highest BCUT2D eigenvalue weighted by Gasteiger charge is 2.54. The molecule has 3 atom stereocenters. The quantitative estimate of drug-likeness (QED) is 0.320. The molecule has 1 saturated heterocycles. The highest BCUT2D eigenvalue weighted by molar-refractivity contribution is 8.13. The van der Waals surface area contributed by atoms with Crippen LogP contribution in [-0.2, 0) is 9.53 Å². The lowest BCUT2D eigenvalue weighted by atomic mass is 10.1. The van der Waals surface area contributed by atoms with Gasteiger partial charge in [0, 0.05) is 24.5 Å². The molecule has 1 aliphatic rings.